The highest BCUT2D eigenvalue weighted by Gasteiger charge is 2.46. The Morgan fingerprint density at radius 3 is 2.50 bits per heavy atom. The summed E-state index contributed by atoms with van der Waals surface area (Å²) in [5.74, 6) is 0.0984. The van der Waals surface area contributed by atoms with Crippen LogP contribution in [0.25, 0.3) is 0 Å². The number of aryl methyl sites for hydroxylation is 1. The number of esters is 1. The quantitative estimate of drug-likeness (QED) is 0.806. The van der Waals surface area contributed by atoms with E-state index >= 15 is 0 Å². The summed E-state index contributed by atoms with van der Waals surface area (Å²) < 4.78 is 4.88. The van der Waals surface area contributed by atoms with Crippen molar-refractivity contribution in [1.29, 1.82) is 0 Å². The van der Waals surface area contributed by atoms with E-state index in [4.69, 9.17) is 4.74 Å². The van der Waals surface area contributed by atoms with Gasteiger partial charge in [-0.05, 0) is 25.3 Å². The van der Waals surface area contributed by atoms with Crippen molar-refractivity contribution in [3.05, 3.63) is 34.9 Å². The number of benzene rings is 1. The second-order valence-corrected chi connectivity index (χ2v) is 6.09. The van der Waals surface area contributed by atoms with Gasteiger partial charge in [0.1, 0.15) is 11.4 Å². The monoisotopic (exact) mass is 302 g/mol. The maximum Gasteiger partial charge on any atom is 0.338 e. The van der Waals surface area contributed by atoms with E-state index in [9.17, 15) is 9.59 Å². The molecule has 0 aromatic heterocycles. The van der Waals surface area contributed by atoms with Crippen LogP contribution in [0.5, 0.6) is 0 Å². The van der Waals surface area contributed by atoms with Gasteiger partial charge in [-0.3, -0.25) is 14.7 Å². The Morgan fingerprint density at radius 2 is 2.00 bits per heavy atom. The number of hydrogen-bond donors (Lipinski definition) is 0. The van der Waals surface area contributed by atoms with Gasteiger partial charge in [-0.15, -0.1) is 0 Å². The molecule has 0 N–H and O–H groups in total. The fourth-order valence-corrected chi connectivity index (χ4v) is 2.62. The van der Waals surface area contributed by atoms with Crippen molar-refractivity contribution in [1.82, 2.24) is 4.90 Å². The molecule has 0 radical (unpaired) electrons. The summed E-state index contributed by atoms with van der Waals surface area (Å²) in [5.41, 5.74) is 1.08. The van der Waals surface area contributed by atoms with E-state index in [1.165, 1.54) is 12.0 Å². The van der Waals surface area contributed by atoms with E-state index in [1.54, 1.807) is 13.1 Å². The SMILES string of the molecule is COC(=O)c1c(C)cccc1C1=NC(C)(C(C)C)C(=O)N1C. The Labute approximate surface area is 131 Å². The fraction of sp³-hybridized carbons (Fsp3) is 0.471. The molecule has 1 atom stereocenters. The molecule has 1 aliphatic heterocycles. The number of methoxy groups -OCH3 is 1. The summed E-state index contributed by atoms with van der Waals surface area (Å²) >= 11 is 0. The molecule has 1 aromatic carbocycles. The van der Waals surface area contributed by atoms with Crippen molar-refractivity contribution in [2.24, 2.45) is 10.9 Å². The molecule has 1 aromatic rings. The summed E-state index contributed by atoms with van der Waals surface area (Å²) in [4.78, 5) is 30.9. The molecule has 5 nitrogen and oxygen atoms in total. The van der Waals surface area contributed by atoms with Gasteiger partial charge in [0, 0.05) is 12.6 Å². The molecule has 1 unspecified atom stereocenters. The highest BCUT2D eigenvalue weighted by molar-refractivity contribution is 6.18. The number of amides is 1. The Bertz CT molecular complexity index is 664. The number of carbonyl (C=O) groups is 2. The zero-order valence-corrected chi connectivity index (χ0v) is 13.9. The number of hydrogen-bond acceptors (Lipinski definition) is 4. The van der Waals surface area contributed by atoms with Crippen molar-refractivity contribution in [3.8, 4) is 0 Å². The third kappa shape index (κ3) is 2.30. The van der Waals surface area contributed by atoms with Gasteiger partial charge in [0.05, 0.1) is 12.7 Å². The van der Waals surface area contributed by atoms with E-state index in [0.717, 1.165) is 5.56 Å². The summed E-state index contributed by atoms with van der Waals surface area (Å²) in [6.07, 6.45) is 0. The molecule has 0 aliphatic carbocycles. The van der Waals surface area contributed by atoms with Crippen LogP contribution in [0.2, 0.25) is 0 Å². The van der Waals surface area contributed by atoms with E-state index in [2.05, 4.69) is 4.99 Å². The van der Waals surface area contributed by atoms with Crippen LogP contribution in [0.15, 0.2) is 23.2 Å². The average molecular weight is 302 g/mol. The fourth-order valence-electron chi connectivity index (χ4n) is 2.62. The van der Waals surface area contributed by atoms with Crippen LogP contribution in [-0.2, 0) is 9.53 Å². The third-order valence-corrected chi connectivity index (χ3v) is 4.42. The first-order valence-electron chi connectivity index (χ1n) is 7.30. The minimum absolute atomic E-state index is 0.0604. The second kappa shape index (κ2) is 5.55. The number of ether oxygens (including phenoxy) is 1. The highest BCUT2D eigenvalue weighted by atomic mass is 16.5. The maximum absolute atomic E-state index is 12.6. The van der Waals surface area contributed by atoms with Crippen LogP contribution in [0.4, 0.5) is 0 Å². The van der Waals surface area contributed by atoms with Crippen LogP contribution in [0, 0.1) is 12.8 Å². The molecule has 0 saturated heterocycles. The molecule has 0 saturated carbocycles. The summed E-state index contributed by atoms with van der Waals surface area (Å²) in [5, 5.41) is 0. The van der Waals surface area contributed by atoms with Gasteiger partial charge in [0.25, 0.3) is 5.91 Å². The second-order valence-electron chi connectivity index (χ2n) is 6.09. The minimum Gasteiger partial charge on any atom is -0.465 e. The van der Waals surface area contributed by atoms with E-state index < -0.39 is 11.5 Å². The molecule has 2 rings (SSSR count). The van der Waals surface area contributed by atoms with Crippen LogP contribution >= 0.6 is 0 Å². The number of rotatable bonds is 3. The minimum atomic E-state index is -0.804. The number of nitrogens with zero attached hydrogens (tertiary/aromatic N) is 2. The molecule has 1 aliphatic rings. The highest BCUT2D eigenvalue weighted by Crippen LogP contribution is 2.32. The topological polar surface area (TPSA) is 59.0 Å². The van der Waals surface area contributed by atoms with Crippen LogP contribution in [0.3, 0.4) is 0 Å². The Balaban J connectivity index is 2.65. The lowest BCUT2D eigenvalue weighted by atomic mass is 9.89. The van der Waals surface area contributed by atoms with Crippen molar-refractivity contribution < 1.29 is 14.3 Å². The lowest BCUT2D eigenvalue weighted by molar-refractivity contribution is -0.131. The van der Waals surface area contributed by atoms with E-state index in [1.807, 2.05) is 39.8 Å². The number of amidine groups is 1. The van der Waals surface area contributed by atoms with Crippen molar-refractivity contribution >= 4 is 17.7 Å². The molecule has 5 heteroatoms. The molecular weight excluding hydrogens is 280 g/mol. The van der Waals surface area contributed by atoms with Crippen molar-refractivity contribution in [3.63, 3.8) is 0 Å². The Hall–Kier alpha value is -2.17. The predicted octanol–water partition coefficient (Wildman–Crippen LogP) is 2.41. The first kappa shape index (κ1) is 16.2. The van der Waals surface area contributed by atoms with Gasteiger partial charge in [-0.2, -0.15) is 0 Å². The lowest BCUT2D eigenvalue weighted by Gasteiger charge is -2.23. The lowest BCUT2D eigenvalue weighted by Crippen LogP contribution is -2.42. The van der Waals surface area contributed by atoms with Crippen molar-refractivity contribution in [2.45, 2.75) is 33.2 Å². The van der Waals surface area contributed by atoms with Gasteiger partial charge in [-0.25, -0.2) is 4.79 Å². The molecule has 0 bridgehead atoms. The number of likely N-dealkylation sites (N-methyl/N-ethyl adjacent to an activating group) is 1. The molecular formula is C17H22N2O3. The molecule has 0 fully saturated rings. The van der Waals surface area contributed by atoms with Gasteiger partial charge in [0.2, 0.25) is 0 Å². The number of aliphatic imine (C=N–C) groups is 1. The Kier molecular flexibility index (Phi) is 4.09. The van der Waals surface area contributed by atoms with Crippen molar-refractivity contribution in [2.75, 3.05) is 14.2 Å². The zero-order chi connectivity index (χ0) is 16.7. The van der Waals surface area contributed by atoms with Crippen LogP contribution in [0.1, 0.15) is 42.3 Å². The smallest absolute Gasteiger partial charge is 0.338 e. The van der Waals surface area contributed by atoms with E-state index in [-0.39, 0.29) is 11.8 Å². The zero-order valence-electron chi connectivity index (χ0n) is 13.9. The van der Waals surface area contributed by atoms with Crippen LogP contribution in [-0.4, -0.2) is 42.3 Å². The first-order chi connectivity index (χ1) is 10.2. The van der Waals surface area contributed by atoms with Gasteiger partial charge in [-0.1, -0.05) is 32.0 Å². The predicted molar refractivity (Wildman–Crippen MR) is 85.1 cm³/mol. The van der Waals surface area contributed by atoms with Gasteiger partial charge < -0.3 is 4.74 Å². The standard InChI is InChI=1S/C17H22N2O3/c1-10(2)17(4)16(21)19(5)14(18-17)12-9-7-8-11(3)13(12)15(20)22-6/h7-10H,1-6H3. The van der Waals surface area contributed by atoms with Gasteiger partial charge >= 0.3 is 5.97 Å². The number of carbonyl (C=O) groups excluding carboxylic acids is 2. The summed E-state index contributed by atoms with van der Waals surface area (Å²) in [6, 6.07) is 5.49. The van der Waals surface area contributed by atoms with E-state index in [0.29, 0.717) is 17.0 Å². The average Bonchev–Trinajstić information content (AvgIpc) is 2.72. The normalized spacial score (nSPS) is 21.3. The molecule has 0 spiro atoms. The maximum atomic E-state index is 12.6. The van der Waals surface area contributed by atoms with Crippen LogP contribution < -0.4 is 0 Å². The summed E-state index contributed by atoms with van der Waals surface area (Å²) in [7, 11) is 3.04. The summed E-state index contributed by atoms with van der Waals surface area (Å²) in [6.45, 7) is 7.61. The Morgan fingerprint density at radius 1 is 1.36 bits per heavy atom. The molecule has 1 amide bonds. The molecule has 22 heavy (non-hydrogen) atoms. The molecule has 1 heterocycles. The molecule has 118 valence electrons. The van der Waals surface area contributed by atoms with Gasteiger partial charge in [0.15, 0.2) is 0 Å². The first-order valence-corrected chi connectivity index (χ1v) is 7.30. The largest absolute Gasteiger partial charge is 0.465 e. The third-order valence-electron chi connectivity index (χ3n) is 4.42.